The molecule has 2 atom stereocenters. The highest BCUT2D eigenvalue weighted by molar-refractivity contribution is 14.1. The highest BCUT2D eigenvalue weighted by Crippen LogP contribution is 2.32. The summed E-state index contributed by atoms with van der Waals surface area (Å²) >= 11 is 2.45. The molecule has 2 aliphatic rings. The molecule has 2 unspecified atom stereocenters. The Labute approximate surface area is 75.8 Å². The number of rotatable bonds is 0. The molecule has 10 heavy (non-hydrogen) atoms. The highest BCUT2D eigenvalue weighted by atomic mass is 127. The summed E-state index contributed by atoms with van der Waals surface area (Å²) in [7, 11) is 0. The molecular weight excluding hydrogens is 239 g/mol. The summed E-state index contributed by atoms with van der Waals surface area (Å²) in [6.45, 7) is 3.79. The van der Waals surface area contributed by atoms with E-state index < -0.39 is 0 Å². The molecular formula is C7H13IN2. The van der Waals surface area contributed by atoms with Crippen molar-refractivity contribution in [2.45, 2.75) is 18.9 Å². The first-order chi connectivity index (χ1) is 4.86. The van der Waals surface area contributed by atoms with Gasteiger partial charge in [-0.3, -0.25) is 0 Å². The Morgan fingerprint density at radius 2 is 2.40 bits per heavy atom. The van der Waals surface area contributed by atoms with Crippen molar-refractivity contribution >= 4 is 22.9 Å². The van der Waals surface area contributed by atoms with Gasteiger partial charge in [-0.25, -0.2) is 3.11 Å². The summed E-state index contributed by atoms with van der Waals surface area (Å²) in [4.78, 5) is 0. The first kappa shape index (κ1) is 7.31. The van der Waals surface area contributed by atoms with Gasteiger partial charge in [0.1, 0.15) is 0 Å². The van der Waals surface area contributed by atoms with Crippen LogP contribution in [0, 0.1) is 5.92 Å². The van der Waals surface area contributed by atoms with E-state index >= 15 is 0 Å². The fourth-order valence-corrected chi connectivity index (χ4v) is 2.43. The standard InChI is InChI=1S/C7H13IN2/c8-10-3-1-2-9-7-4-6(7)5-10/h6-7,9H,1-5H2. The molecule has 2 rings (SSSR count). The lowest BCUT2D eigenvalue weighted by Crippen LogP contribution is -2.29. The van der Waals surface area contributed by atoms with Crippen LogP contribution in [-0.4, -0.2) is 28.8 Å². The van der Waals surface area contributed by atoms with E-state index in [1.165, 1.54) is 32.5 Å². The molecule has 1 aliphatic heterocycles. The number of hydrogen-bond donors (Lipinski definition) is 1. The van der Waals surface area contributed by atoms with Crippen LogP contribution < -0.4 is 5.32 Å². The molecule has 1 saturated carbocycles. The number of hydrogen-bond acceptors (Lipinski definition) is 2. The fraction of sp³-hybridized carbons (Fsp3) is 1.00. The topological polar surface area (TPSA) is 15.3 Å². The maximum atomic E-state index is 3.55. The molecule has 0 spiro atoms. The summed E-state index contributed by atoms with van der Waals surface area (Å²) < 4.78 is 2.43. The largest absolute Gasteiger partial charge is 0.314 e. The van der Waals surface area contributed by atoms with Crippen LogP contribution in [0.15, 0.2) is 0 Å². The van der Waals surface area contributed by atoms with Crippen LogP contribution in [-0.2, 0) is 0 Å². The third kappa shape index (κ3) is 1.62. The van der Waals surface area contributed by atoms with Crippen LogP contribution >= 0.6 is 22.9 Å². The van der Waals surface area contributed by atoms with Gasteiger partial charge in [0.2, 0.25) is 0 Å². The normalized spacial score (nSPS) is 41.7. The van der Waals surface area contributed by atoms with Gasteiger partial charge in [-0.2, -0.15) is 0 Å². The SMILES string of the molecule is IN1CCCNC2CC2C1. The molecule has 0 amide bonds. The Hall–Kier alpha value is 0.650. The van der Waals surface area contributed by atoms with Gasteiger partial charge in [0.15, 0.2) is 0 Å². The Morgan fingerprint density at radius 1 is 1.50 bits per heavy atom. The second-order valence-corrected chi connectivity index (χ2v) is 4.64. The first-order valence-corrected chi connectivity index (χ1v) is 4.97. The lowest BCUT2D eigenvalue weighted by molar-refractivity contribution is 0.423. The average Bonchev–Trinajstić information content (AvgIpc) is 2.54. The van der Waals surface area contributed by atoms with Crippen molar-refractivity contribution < 1.29 is 0 Å². The first-order valence-electron chi connectivity index (χ1n) is 4.00. The second kappa shape index (κ2) is 2.95. The van der Waals surface area contributed by atoms with Gasteiger partial charge in [0.05, 0.1) is 0 Å². The monoisotopic (exact) mass is 252 g/mol. The molecule has 3 heteroatoms. The van der Waals surface area contributed by atoms with Crippen LogP contribution in [0.2, 0.25) is 0 Å². The summed E-state index contributed by atoms with van der Waals surface area (Å²) in [5.74, 6) is 0.970. The third-order valence-corrected chi connectivity index (χ3v) is 3.22. The Bertz CT molecular complexity index is 129. The van der Waals surface area contributed by atoms with Crippen molar-refractivity contribution in [3.05, 3.63) is 0 Å². The summed E-state index contributed by atoms with van der Waals surface area (Å²) in [5.41, 5.74) is 0. The Morgan fingerprint density at radius 3 is 3.30 bits per heavy atom. The van der Waals surface area contributed by atoms with Gasteiger partial charge >= 0.3 is 0 Å². The van der Waals surface area contributed by atoms with E-state index in [2.05, 4.69) is 31.3 Å². The van der Waals surface area contributed by atoms with Gasteiger partial charge in [-0.15, -0.1) is 0 Å². The van der Waals surface area contributed by atoms with Crippen molar-refractivity contribution in [1.82, 2.24) is 8.43 Å². The molecule has 0 aromatic rings. The molecule has 1 saturated heterocycles. The van der Waals surface area contributed by atoms with E-state index in [1.54, 1.807) is 0 Å². The van der Waals surface area contributed by atoms with Crippen molar-refractivity contribution in [2.24, 2.45) is 5.92 Å². The van der Waals surface area contributed by atoms with Crippen molar-refractivity contribution in [2.75, 3.05) is 19.6 Å². The number of nitrogens with one attached hydrogen (secondary N) is 1. The predicted molar refractivity (Wildman–Crippen MR) is 50.1 cm³/mol. The van der Waals surface area contributed by atoms with Gasteiger partial charge in [-0.1, -0.05) is 0 Å². The maximum absolute atomic E-state index is 3.55. The van der Waals surface area contributed by atoms with Crippen LogP contribution in [0.25, 0.3) is 0 Å². The van der Waals surface area contributed by atoms with E-state index in [-0.39, 0.29) is 0 Å². The zero-order chi connectivity index (χ0) is 6.97. The van der Waals surface area contributed by atoms with Crippen molar-refractivity contribution in [3.63, 3.8) is 0 Å². The summed E-state index contributed by atoms with van der Waals surface area (Å²) in [6, 6.07) is 0.873. The molecule has 1 heterocycles. The van der Waals surface area contributed by atoms with Gasteiger partial charge in [-0.05, 0) is 25.3 Å². The van der Waals surface area contributed by atoms with Crippen LogP contribution in [0.4, 0.5) is 0 Å². The van der Waals surface area contributed by atoms with Crippen LogP contribution in [0.1, 0.15) is 12.8 Å². The van der Waals surface area contributed by atoms with Crippen LogP contribution in [0.3, 0.4) is 0 Å². The Balaban J connectivity index is 1.85. The molecule has 2 nitrogen and oxygen atoms in total. The lowest BCUT2D eigenvalue weighted by atomic mass is 10.3. The molecule has 0 bridgehead atoms. The average molecular weight is 252 g/mol. The molecule has 0 aromatic heterocycles. The second-order valence-electron chi connectivity index (χ2n) is 3.28. The molecule has 58 valence electrons. The van der Waals surface area contributed by atoms with Crippen LogP contribution in [0.5, 0.6) is 0 Å². The smallest absolute Gasteiger partial charge is 0.0201 e. The fourth-order valence-electron chi connectivity index (χ4n) is 1.58. The summed E-state index contributed by atoms with van der Waals surface area (Å²) in [6.07, 6.45) is 2.73. The minimum atomic E-state index is 0.873. The third-order valence-electron chi connectivity index (χ3n) is 2.34. The number of fused-ring (bicyclic) bond motifs is 1. The summed E-state index contributed by atoms with van der Waals surface area (Å²) in [5, 5.41) is 3.55. The minimum absolute atomic E-state index is 0.873. The number of halogens is 1. The molecule has 0 aromatic carbocycles. The zero-order valence-electron chi connectivity index (χ0n) is 6.02. The molecule has 0 radical (unpaired) electrons. The van der Waals surface area contributed by atoms with E-state index in [9.17, 15) is 0 Å². The van der Waals surface area contributed by atoms with Gasteiger partial charge in [0.25, 0.3) is 0 Å². The van der Waals surface area contributed by atoms with Crippen molar-refractivity contribution in [3.8, 4) is 0 Å². The van der Waals surface area contributed by atoms with E-state index in [0.717, 1.165) is 12.0 Å². The minimum Gasteiger partial charge on any atom is -0.314 e. The van der Waals surface area contributed by atoms with E-state index in [1.807, 2.05) is 0 Å². The van der Waals surface area contributed by atoms with Crippen molar-refractivity contribution in [1.29, 1.82) is 0 Å². The quantitative estimate of drug-likeness (QED) is 0.511. The molecule has 2 fully saturated rings. The molecule has 1 N–H and O–H groups in total. The van der Waals surface area contributed by atoms with E-state index in [4.69, 9.17) is 0 Å². The Kier molecular flexibility index (Phi) is 2.15. The number of nitrogens with zero attached hydrogens (tertiary/aromatic N) is 1. The molecule has 1 aliphatic carbocycles. The zero-order valence-corrected chi connectivity index (χ0v) is 8.17. The van der Waals surface area contributed by atoms with E-state index in [0.29, 0.717) is 0 Å². The van der Waals surface area contributed by atoms with Gasteiger partial charge in [0, 0.05) is 42.0 Å². The predicted octanol–water partition coefficient (Wildman–Crippen LogP) is 1.02. The lowest BCUT2D eigenvalue weighted by Gasteiger charge is -2.17. The highest BCUT2D eigenvalue weighted by Gasteiger charge is 2.38. The van der Waals surface area contributed by atoms with Gasteiger partial charge < -0.3 is 5.32 Å². The maximum Gasteiger partial charge on any atom is 0.0201 e.